The Morgan fingerprint density at radius 2 is 2.26 bits per heavy atom. The summed E-state index contributed by atoms with van der Waals surface area (Å²) in [6.07, 6.45) is 2.60. The maximum Gasteiger partial charge on any atom is 0.251 e. The molecule has 0 aliphatic carbocycles. The van der Waals surface area contributed by atoms with Gasteiger partial charge >= 0.3 is 0 Å². The zero-order valence-corrected chi connectivity index (χ0v) is 12.8. The van der Waals surface area contributed by atoms with E-state index in [1.807, 2.05) is 4.90 Å². The molecule has 0 unspecified atom stereocenters. The van der Waals surface area contributed by atoms with Crippen LogP contribution in [0.2, 0.25) is 0 Å². The summed E-state index contributed by atoms with van der Waals surface area (Å²) in [5.74, 6) is 0.825. The molecule has 0 spiro atoms. The van der Waals surface area contributed by atoms with Crippen molar-refractivity contribution in [1.82, 2.24) is 25.3 Å². The molecule has 7 nitrogen and oxygen atoms in total. The maximum atomic E-state index is 13.8. The highest BCUT2D eigenvalue weighted by Crippen LogP contribution is 2.21. The predicted molar refractivity (Wildman–Crippen MR) is 79.3 cm³/mol. The van der Waals surface area contributed by atoms with Gasteiger partial charge in [-0.1, -0.05) is 5.16 Å². The molecule has 0 saturated carbocycles. The normalized spacial score (nSPS) is 21.5. The minimum Gasteiger partial charge on any atom is -0.350 e. The highest BCUT2D eigenvalue weighted by molar-refractivity contribution is 5.93. The largest absolute Gasteiger partial charge is 0.350 e. The van der Waals surface area contributed by atoms with Gasteiger partial charge in [0.1, 0.15) is 6.17 Å². The summed E-state index contributed by atoms with van der Waals surface area (Å²) < 4.78 is 18.7. The molecule has 2 aromatic heterocycles. The minimum absolute atomic E-state index is 0.0883. The topological polar surface area (TPSA) is 84.2 Å². The summed E-state index contributed by atoms with van der Waals surface area (Å²) in [7, 11) is 0. The highest BCUT2D eigenvalue weighted by Gasteiger charge is 2.33. The van der Waals surface area contributed by atoms with E-state index in [4.69, 9.17) is 4.52 Å². The van der Waals surface area contributed by atoms with Crippen molar-refractivity contribution in [2.75, 3.05) is 13.1 Å². The van der Waals surface area contributed by atoms with Crippen LogP contribution in [0, 0.1) is 6.92 Å². The molecular weight excluding hydrogens is 301 g/mol. The quantitative estimate of drug-likeness (QED) is 0.889. The molecule has 8 heteroatoms. The van der Waals surface area contributed by atoms with E-state index in [9.17, 15) is 9.18 Å². The van der Waals surface area contributed by atoms with Gasteiger partial charge in [0.15, 0.2) is 5.82 Å². The zero-order valence-electron chi connectivity index (χ0n) is 12.8. The van der Waals surface area contributed by atoms with Crippen molar-refractivity contribution >= 4 is 5.91 Å². The zero-order chi connectivity index (χ0) is 16.2. The average molecular weight is 319 g/mol. The first-order valence-corrected chi connectivity index (χ1v) is 7.47. The lowest BCUT2D eigenvalue weighted by Crippen LogP contribution is -2.40. The third-order valence-corrected chi connectivity index (χ3v) is 3.83. The summed E-state index contributed by atoms with van der Waals surface area (Å²) in [5, 5.41) is 6.68. The van der Waals surface area contributed by atoms with Crippen molar-refractivity contribution in [2.45, 2.75) is 32.1 Å². The van der Waals surface area contributed by atoms with Crippen molar-refractivity contribution in [2.24, 2.45) is 0 Å². The first-order chi connectivity index (χ1) is 11.1. The number of amides is 1. The molecule has 3 rings (SSSR count). The lowest BCUT2D eigenvalue weighted by molar-refractivity contribution is 0.0939. The number of pyridine rings is 1. The molecule has 1 saturated heterocycles. The Bertz CT molecular complexity index is 663. The van der Waals surface area contributed by atoms with E-state index in [0.717, 1.165) is 0 Å². The number of carbonyl (C=O) groups excluding carboxylic acids is 1. The van der Waals surface area contributed by atoms with Crippen LogP contribution in [0.3, 0.4) is 0 Å². The van der Waals surface area contributed by atoms with Crippen molar-refractivity contribution < 1.29 is 13.7 Å². The number of aromatic nitrogens is 3. The smallest absolute Gasteiger partial charge is 0.251 e. The summed E-state index contributed by atoms with van der Waals surface area (Å²) in [6.45, 7) is 2.81. The Morgan fingerprint density at radius 1 is 1.48 bits per heavy atom. The number of likely N-dealkylation sites (tertiary alicyclic amines) is 1. The number of halogens is 1. The van der Waals surface area contributed by atoms with Gasteiger partial charge in [-0.15, -0.1) is 0 Å². The Labute approximate surface area is 132 Å². The molecule has 23 heavy (non-hydrogen) atoms. The molecule has 1 amide bonds. The number of nitrogens with one attached hydrogen (secondary N) is 1. The molecule has 0 aromatic carbocycles. The summed E-state index contributed by atoms with van der Waals surface area (Å²) in [6, 6.07) is 3.19. The molecule has 1 aliphatic rings. The second-order valence-electron chi connectivity index (χ2n) is 5.59. The lowest BCUT2D eigenvalue weighted by Gasteiger charge is -2.22. The standard InChI is InChI=1S/C15H18FN5O2/c1-10-19-14(20-23-10)9-21-8-12(16)6-13(21)7-18-15(22)11-2-4-17-5-3-11/h2-5,12-13H,6-9H2,1H3,(H,18,22)/t12-,13-/m0/s1. The molecule has 0 bridgehead atoms. The van der Waals surface area contributed by atoms with E-state index in [2.05, 4.69) is 20.4 Å². The average Bonchev–Trinajstić information content (AvgIpc) is 3.11. The number of aryl methyl sites for hydroxylation is 1. The van der Waals surface area contributed by atoms with Gasteiger partial charge in [-0.3, -0.25) is 14.7 Å². The Kier molecular flexibility index (Phi) is 4.61. The summed E-state index contributed by atoms with van der Waals surface area (Å²) >= 11 is 0. The number of alkyl halides is 1. The molecule has 0 radical (unpaired) electrons. The highest BCUT2D eigenvalue weighted by atomic mass is 19.1. The van der Waals surface area contributed by atoms with Crippen LogP contribution in [0.5, 0.6) is 0 Å². The van der Waals surface area contributed by atoms with Crippen LogP contribution >= 0.6 is 0 Å². The van der Waals surface area contributed by atoms with Crippen LogP contribution in [0.1, 0.15) is 28.5 Å². The molecule has 2 atom stereocenters. The number of rotatable bonds is 5. The van der Waals surface area contributed by atoms with Crippen LogP contribution in [-0.4, -0.2) is 51.2 Å². The van der Waals surface area contributed by atoms with Crippen LogP contribution in [0.15, 0.2) is 29.0 Å². The molecule has 2 aromatic rings. The predicted octanol–water partition coefficient (Wildman–Crippen LogP) is 1.12. The van der Waals surface area contributed by atoms with Crippen molar-refractivity contribution in [3.8, 4) is 0 Å². The minimum atomic E-state index is -0.911. The molecule has 1 fully saturated rings. The van der Waals surface area contributed by atoms with Gasteiger partial charge in [0.25, 0.3) is 5.91 Å². The molecule has 122 valence electrons. The Hall–Kier alpha value is -2.35. The van der Waals surface area contributed by atoms with Gasteiger partial charge < -0.3 is 9.84 Å². The van der Waals surface area contributed by atoms with Crippen molar-refractivity contribution in [3.05, 3.63) is 41.8 Å². The van der Waals surface area contributed by atoms with Gasteiger partial charge in [0.2, 0.25) is 5.89 Å². The fraction of sp³-hybridized carbons (Fsp3) is 0.467. The number of nitrogens with zero attached hydrogens (tertiary/aromatic N) is 4. The van der Waals surface area contributed by atoms with E-state index < -0.39 is 6.17 Å². The van der Waals surface area contributed by atoms with Gasteiger partial charge in [-0.2, -0.15) is 4.98 Å². The monoisotopic (exact) mass is 319 g/mol. The first-order valence-electron chi connectivity index (χ1n) is 7.47. The van der Waals surface area contributed by atoms with E-state index >= 15 is 0 Å². The van der Waals surface area contributed by atoms with E-state index in [0.29, 0.717) is 43.3 Å². The first kappa shape index (κ1) is 15.5. The van der Waals surface area contributed by atoms with Crippen LogP contribution in [0.4, 0.5) is 4.39 Å². The van der Waals surface area contributed by atoms with E-state index in [-0.39, 0.29) is 11.9 Å². The van der Waals surface area contributed by atoms with Gasteiger partial charge in [-0.05, 0) is 18.6 Å². The Morgan fingerprint density at radius 3 is 2.96 bits per heavy atom. The molecule has 1 aliphatic heterocycles. The molecule has 1 N–H and O–H groups in total. The van der Waals surface area contributed by atoms with Gasteiger partial charge in [0, 0.05) is 44.0 Å². The SMILES string of the molecule is Cc1nc(CN2C[C@@H](F)C[C@H]2CNC(=O)c2ccncc2)no1. The number of carbonyl (C=O) groups is 1. The number of hydrogen-bond acceptors (Lipinski definition) is 6. The third kappa shape index (κ3) is 3.89. The Balaban J connectivity index is 1.58. The lowest BCUT2D eigenvalue weighted by atomic mass is 10.2. The van der Waals surface area contributed by atoms with Gasteiger partial charge in [-0.25, -0.2) is 4.39 Å². The molecule has 3 heterocycles. The van der Waals surface area contributed by atoms with Gasteiger partial charge in [0.05, 0.1) is 6.54 Å². The van der Waals surface area contributed by atoms with Crippen LogP contribution in [0.25, 0.3) is 0 Å². The van der Waals surface area contributed by atoms with Crippen molar-refractivity contribution in [1.29, 1.82) is 0 Å². The van der Waals surface area contributed by atoms with Crippen LogP contribution < -0.4 is 5.32 Å². The maximum absolute atomic E-state index is 13.8. The number of hydrogen-bond donors (Lipinski definition) is 1. The van der Waals surface area contributed by atoms with E-state index in [1.165, 1.54) is 0 Å². The second kappa shape index (κ2) is 6.82. The van der Waals surface area contributed by atoms with E-state index in [1.54, 1.807) is 31.5 Å². The molecular formula is C15H18FN5O2. The third-order valence-electron chi connectivity index (χ3n) is 3.83. The second-order valence-corrected chi connectivity index (χ2v) is 5.59. The fourth-order valence-electron chi connectivity index (χ4n) is 2.73. The fourth-order valence-corrected chi connectivity index (χ4v) is 2.73. The van der Waals surface area contributed by atoms with Crippen LogP contribution in [-0.2, 0) is 6.54 Å². The summed E-state index contributed by atoms with van der Waals surface area (Å²) in [5.41, 5.74) is 0.537. The summed E-state index contributed by atoms with van der Waals surface area (Å²) in [4.78, 5) is 22.0. The van der Waals surface area contributed by atoms with Crippen molar-refractivity contribution in [3.63, 3.8) is 0 Å².